The van der Waals surface area contributed by atoms with Crippen LogP contribution in [0.1, 0.15) is 24.9 Å². The molecule has 0 saturated heterocycles. The first-order valence-electron chi connectivity index (χ1n) is 6.00. The first-order valence-corrected chi connectivity index (χ1v) is 6.79. The van der Waals surface area contributed by atoms with Gasteiger partial charge in [0.2, 0.25) is 0 Å². The highest BCUT2D eigenvalue weighted by atomic mass is 79.9. The minimum Gasteiger partial charge on any atom is -0.508 e. The van der Waals surface area contributed by atoms with E-state index in [0.717, 1.165) is 16.6 Å². The van der Waals surface area contributed by atoms with Gasteiger partial charge in [0.15, 0.2) is 0 Å². The molecule has 2 rings (SSSR count). The Kier molecular flexibility index (Phi) is 4.26. The van der Waals surface area contributed by atoms with Crippen molar-refractivity contribution in [2.45, 2.75) is 19.4 Å². The fourth-order valence-electron chi connectivity index (χ4n) is 1.91. The first-order chi connectivity index (χ1) is 8.69. The normalized spacial score (nSPS) is 12.1. The van der Waals surface area contributed by atoms with Crippen LogP contribution in [-0.2, 0) is 0 Å². The Bertz CT molecular complexity index is 510. The standard InChI is InChI=1S/C15H16BrNO/c1-2-15(11-6-8-14(18)9-7-11)17-13-5-3-4-12(16)10-13/h3-10,15,17-18H,2H2,1H3. The fraction of sp³-hybridized carbons (Fsp3) is 0.200. The quantitative estimate of drug-likeness (QED) is 0.857. The predicted molar refractivity (Wildman–Crippen MR) is 78.9 cm³/mol. The molecule has 0 aliphatic rings. The molecule has 0 spiro atoms. The average Bonchev–Trinajstić information content (AvgIpc) is 2.37. The van der Waals surface area contributed by atoms with Crippen LogP contribution in [0.15, 0.2) is 53.0 Å². The molecule has 0 amide bonds. The molecule has 0 aliphatic heterocycles. The molecule has 0 aliphatic carbocycles. The number of benzene rings is 2. The second-order valence-corrected chi connectivity index (χ2v) is 5.12. The number of nitrogens with one attached hydrogen (secondary N) is 1. The van der Waals surface area contributed by atoms with E-state index in [9.17, 15) is 5.11 Å². The summed E-state index contributed by atoms with van der Waals surface area (Å²) in [5.74, 6) is 0.302. The van der Waals surface area contributed by atoms with E-state index in [2.05, 4.69) is 34.2 Å². The summed E-state index contributed by atoms with van der Waals surface area (Å²) in [5.41, 5.74) is 2.26. The van der Waals surface area contributed by atoms with Gasteiger partial charge in [-0.05, 0) is 42.3 Å². The van der Waals surface area contributed by atoms with Gasteiger partial charge < -0.3 is 10.4 Å². The van der Waals surface area contributed by atoms with Crippen molar-refractivity contribution in [3.8, 4) is 5.75 Å². The van der Waals surface area contributed by atoms with Gasteiger partial charge in [-0.15, -0.1) is 0 Å². The lowest BCUT2D eigenvalue weighted by Gasteiger charge is -2.19. The molecule has 0 bridgehead atoms. The van der Waals surface area contributed by atoms with Crippen molar-refractivity contribution in [3.05, 3.63) is 58.6 Å². The second-order valence-electron chi connectivity index (χ2n) is 4.21. The van der Waals surface area contributed by atoms with E-state index in [1.807, 2.05) is 30.3 Å². The third kappa shape index (κ3) is 3.26. The van der Waals surface area contributed by atoms with E-state index in [1.165, 1.54) is 5.56 Å². The van der Waals surface area contributed by atoms with E-state index in [4.69, 9.17) is 0 Å². The Morgan fingerprint density at radius 1 is 1.17 bits per heavy atom. The number of phenols is 1. The monoisotopic (exact) mass is 305 g/mol. The van der Waals surface area contributed by atoms with E-state index < -0.39 is 0 Å². The highest BCUT2D eigenvalue weighted by molar-refractivity contribution is 9.10. The van der Waals surface area contributed by atoms with E-state index in [0.29, 0.717) is 5.75 Å². The first kappa shape index (κ1) is 13.0. The second kappa shape index (κ2) is 5.91. The van der Waals surface area contributed by atoms with Crippen LogP contribution < -0.4 is 5.32 Å². The number of halogens is 1. The van der Waals surface area contributed by atoms with Crippen LogP contribution >= 0.6 is 15.9 Å². The van der Waals surface area contributed by atoms with Gasteiger partial charge in [-0.2, -0.15) is 0 Å². The topological polar surface area (TPSA) is 32.3 Å². The maximum absolute atomic E-state index is 9.31. The third-order valence-corrected chi connectivity index (χ3v) is 3.36. The van der Waals surface area contributed by atoms with Gasteiger partial charge in [0.25, 0.3) is 0 Å². The maximum Gasteiger partial charge on any atom is 0.115 e. The molecule has 0 aromatic heterocycles. The van der Waals surface area contributed by atoms with Crippen molar-refractivity contribution in [1.29, 1.82) is 0 Å². The number of phenolic OH excluding ortho intramolecular Hbond substituents is 1. The van der Waals surface area contributed by atoms with Crippen molar-refractivity contribution in [1.82, 2.24) is 0 Å². The summed E-state index contributed by atoms with van der Waals surface area (Å²) in [6.45, 7) is 2.14. The van der Waals surface area contributed by atoms with Crippen LogP contribution in [0.25, 0.3) is 0 Å². The van der Waals surface area contributed by atoms with Crippen LogP contribution in [0, 0.1) is 0 Å². The molecular weight excluding hydrogens is 290 g/mol. The average molecular weight is 306 g/mol. The zero-order valence-electron chi connectivity index (χ0n) is 10.2. The van der Waals surface area contributed by atoms with Crippen LogP contribution in [0.3, 0.4) is 0 Å². The minimum absolute atomic E-state index is 0.250. The van der Waals surface area contributed by atoms with Crippen LogP contribution in [0.5, 0.6) is 5.75 Å². The Labute approximate surface area is 116 Å². The summed E-state index contributed by atoms with van der Waals surface area (Å²) in [6.07, 6.45) is 0.983. The summed E-state index contributed by atoms with van der Waals surface area (Å²) < 4.78 is 1.06. The molecule has 0 fully saturated rings. The zero-order valence-corrected chi connectivity index (χ0v) is 11.8. The molecular formula is C15H16BrNO. The molecule has 2 aromatic rings. The summed E-state index contributed by atoms with van der Waals surface area (Å²) in [4.78, 5) is 0. The van der Waals surface area contributed by atoms with Crippen LogP contribution in [0.2, 0.25) is 0 Å². The molecule has 1 unspecified atom stereocenters. The summed E-state index contributed by atoms with van der Waals surface area (Å²) >= 11 is 3.47. The van der Waals surface area contributed by atoms with Crippen LogP contribution in [0.4, 0.5) is 5.69 Å². The van der Waals surface area contributed by atoms with E-state index in [-0.39, 0.29) is 6.04 Å². The summed E-state index contributed by atoms with van der Waals surface area (Å²) in [7, 11) is 0. The Morgan fingerprint density at radius 2 is 1.89 bits per heavy atom. The van der Waals surface area contributed by atoms with E-state index in [1.54, 1.807) is 12.1 Å². The Balaban J connectivity index is 2.17. The van der Waals surface area contributed by atoms with Gasteiger partial charge in [-0.1, -0.05) is 41.1 Å². The van der Waals surface area contributed by atoms with E-state index >= 15 is 0 Å². The maximum atomic E-state index is 9.31. The van der Waals surface area contributed by atoms with Gasteiger partial charge in [0.1, 0.15) is 5.75 Å². The fourth-order valence-corrected chi connectivity index (χ4v) is 2.31. The molecule has 94 valence electrons. The zero-order chi connectivity index (χ0) is 13.0. The van der Waals surface area contributed by atoms with Crippen molar-refractivity contribution in [2.24, 2.45) is 0 Å². The lowest BCUT2D eigenvalue weighted by molar-refractivity contribution is 0.475. The van der Waals surface area contributed by atoms with Crippen molar-refractivity contribution in [2.75, 3.05) is 5.32 Å². The third-order valence-electron chi connectivity index (χ3n) is 2.87. The molecule has 0 radical (unpaired) electrons. The lowest BCUT2D eigenvalue weighted by atomic mass is 10.0. The molecule has 1 atom stereocenters. The minimum atomic E-state index is 0.250. The van der Waals surface area contributed by atoms with Gasteiger partial charge in [-0.3, -0.25) is 0 Å². The molecule has 2 aromatic carbocycles. The van der Waals surface area contributed by atoms with Crippen molar-refractivity contribution in [3.63, 3.8) is 0 Å². The summed E-state index contributed by atoms with van der Waals surface area (Å²) in [5, 5.41) is 12.8. The molecule has 3 heteroatoms. The molecule has 18 heavy (non-hydrogen) atoms. The Morgan fingerprint density at radius 3 is 2.50 bits per heavy atom. The van der Waals surface area contributed by atoms with Crippen LogP contribution in [-0.4, -0.2) is 5.11 Å². The van der Waals surface area contributed by atoms with Gasteiger partial charge in [0, 0.05) is 10.2 Å². The molecule has 0 heterocycles. The SMILES string of the molecule is CCC(Nc1cccc(Br)c1)c1ccc(O)cc1. The number of anilines is 1. The largest absolute Gasteiger partial charge is 0.508 e. The highest BCUT2D eigenvalue weighted by Gasteiger charge is 2.09. The highest BCUT2D eigenvalue weighted by Crippen LogP contribution is 2.25. The number of rotatable bonds is 4. The Hall–Kier alpha value is -1.48. The molecule has 0 saturated carbocycles. The van der Waals surface area contributed by atoms with Gasteiger partial charge in [-0.25, -0.2) is 0 Å². The van der Waals surface area contributed by atoms with Crippen molar-refractivity contribution >= 4 is 21.6 Å². The van der Waals surface area contributed by atoms with Crippen molar-refractivity contribution < 1.29 is 5.11 Å². The molecule has 2 N–H and O–H groups in total. The summed E-state index contributed by atoms with van der Waals surface area (Å²) in [6, 6.07) is 15.7. The van der Waals surface area contributed by atoms with Gasteiger partial charge >= 0.3 is 0 Å². The predicted octanol–water partition coefficient (Wildman–Crippen LogP) is 4.72. The lowest BCUT2D eigenvalue weighted by Crippen LogP contribution is -2.09. The molecule has 2 nitrogen and oxygen atoms in total. The number of aromatic hydroxyl groups is 1. The number of hydrogen-bond acceptors (Lipinski definition) is 2. The van der Waals surface area contributed by atoms with Gasteiger partial charge in [0.05, 0.1) is 6.04 Å². The number of hydrogen-bond donors (Lipinski definition) is 2. The smallest absolute Gasteiger partial charge is 0.115 e.